The third-order valence-electron chi connectivity index (χ3n) is 6.23. The number of fused-ring (bicyclic) bond motifs is 1. The molecule has 2 aromatic carbocycles. The summed E-state index contributed by atoms with van der Waals surface area (Å²) >= 11 is 0. The number of aliphatic carboxylic acids is 1. The first-order valence-electron chi connectivity index (χ1n) is 9.90. The molecule has 5 heteroatoms. The zero-order chi connectivity index (χ0) is 18.9. The lowest BCUT2D eigenvalue weighted by molar-refractivity contribution is -0.160. The van der Waals surface area contributed by atoms with E-state index in [1.54, 1.807) is 0 Å². The van der Waals surface area contributed by atoms with E-state index >= 15 is 0 Å². The van der Waals surface area contributed by atoms with Crippen molar-refractivity contribution < 1.29 is 14.6 Å². The minimum absolute atomic E-state index is 0.529. The molecule has 2 aromatic rings. The van der Waals surface area contributed by atoms with Gasteiger partial charge in [-0.15, -0.1) is 0 Å². The van der Waals surface area contributed by atoms with E-state index in [-0.39, 0.29) is 0 Å². The molecule has 2 saturated heterocycles. The molecule has 0 amide bonds. The molecular weight excluding hydrogens is 340 g/mol. The number of piperidine rings is 2. The van der Waals surface area contributed by atoms with Gasteiger partial charge in [0.25, 0.3) is 0 Å². The maximum atomic E-state index is 12.1. The summed E-state index contributed by atoms with van der Waals surface area (Å²) in [6.45, 7) is 3.82. The zero-order valence-corrected chi connectivity index (χ0v) is 15.9. The first-order chi connectivity index (χ1) is 13.1. The van der Waals surface area contributed by atoms with Crippen molar-refractivity contribution >= 4 is 16.7 Å². The fraction of sp³-hybridized carbons (Fsp3) is 0.500. The van der Waals surface area contributed by atoms with Gasteiger partial charge in [0, 0.05) is 32.0 Å². The first-order valence-corrected chi connectivity index (χ1v) is 9.90. The topological polar surface area (TPSA) is 53.0 Å². The van der Waals surface area contributed by atoms with E-state index in [1.165, 1.54) is 12.8 Å². The van der Waals surface area contributed by atoms with Crippen LogP contribution in [-0.4, -0.2) is 65.7 Å². The Labute approximate surface area is 160 Å². The van der Waals surface area contributed by atoms with Gasteiger partial charge >= 0.3 is 5.97 Å². The van der Waals surface area contributed by atoms with E-state index in [9.17, 15) is 9.90 Å². The van der Waals surface area contributed by atoms with Crippen molar-refractivity contribution in [3.05, 3.63) is 42.5 Å². The van der Waals surface area contributed by atoms with Gasteiger partial charge in [-0.1, -0.05) is 30.3 Å². The van der Waals surface area contributed by atoms with Crippen LogP contribution in [0.5, 0.6) is 5.75 Å². The minimum atomic E-state index is -1.12. The molecule has 2 aliphatic heterocycles. The van der Waals surface area contributed by atoms with Crippen molar-refractivity contribution in [2.24, 2.45) is 0 Å². The van der Waals surface area contributed by atoms with E-state index in [4.69, 9.17) is 4.74 Å². The lowest BCUT2D eigenvalue weighted by atomic mass is 9.89. The van der Waals surface area contributed by atoms with Crippen LogP contribution in [-0.2, 0) is 4.79 Å². The number of rotatable bonds is 4. The van der Waals surface area contributed by atoms with Gasteiger partial charge in [0.1, 0.15) is 5.75 Å². The number of carboxylic acids is 1. The predicted octanol–water partition coefficient (Wildman–Crippen LogP) is 3.23. The maximum Gasteiger partial charge on any atom is 0.348 e. The predicted molar refractivity (Wildman–Crippen MR) is 106 cm³/mol. The van der Waals surface area contributed by atoms with E-state index in [0.29, 0.717) is 24.6 Å². The third-order valence-corrected chi connectivity index (χ3v) is 6.23. The highest BCUT2D eigenvalue weighted by Crippen LogP contribution is 2.32. The number of carbonyl (C=O) groups is 1. The lowest BCUT2D eigenvalue weighted by Gasteiger charge is -2.44. The Hall–Kier alpha value is -2.11. The summed E-state index contributed by atoms with van der Waals surface area (Å²) in [6.07, 6.45) is 3.40. The molecule has 2 heterocycles. The molecule has 0 bridgehead atoms. The maximum absolute atomic E-state index is 12.1. The standard InChI is InChI=1S/C22H28N2O3/c1-23-12-8-19(9-13-23)24-14-10-22(11-15-24,21(25)26)27-20-7-6-17-4-2-3-5-18(17)16-20/h2-7,16,19H,8-15H2,1H3,(H,25,26). The highest BCUT2D eigenvalue weighted by atomic mass is 16.5. The van der Waals surface area contributed by atoms with Gasteiger partial charge in [-0.25, -0.2) is 4.79 Å². The molecule has 27 heavy (non-hydrogen) atoms. The summed E-state index contributed by atoms with van der Waals surface area (Å²) in [5.74, 6) is -0.206. The molecule has 1 N–H and O–H groups in total. The molecule has 0 unspecified atom stereocenters. The van der Waals surface area contributed by atoms with Gasteiger partial charge in [0.2, 0.25) is 5.60 Å². The summed E-state index contributed by atoms with van der Waals surface area (Å²) in [4.78, 5) is 17.0. The Kier molecular flexibility index (Phi) is 5.06. The average molecular weight is 368 g/mol. The van der Waals surface area contributed by atoms with Crippen LogP contribution < -0.4 is 4.74 Å². The van der Waals surface area contributed by atoms with Gasteiger partial charge in [-0.3, -0.25) is 4.90 Å². The molecule has 5 nitrogen and oxygen atoms in total. The van der Waals surface area contributed by atoms with Crippen LogP contribution in [0.2, 0.25) is 0 Å². The van der Waals surface area contributed by atoms with Crippen LogP contribution in [0.1, 0.15) is 25.7 Å². The summed E-state index contributed by atoms with van der Waals surface area (Å²) in [5, 5.41) is 12.1. The number of carboxylic acid groups (broad SMARTS) is 1. The number of ether oxygens (including phenoxy) is 1. The summed E-state index contributed by atoms with van der Waals surface area (Å²) in [6, 6.07) is 14.5. The van der Waals surface area contributed by atoms with Crippen LogP contribution in [0, 0.1) is 0 Å². The van der Waals surface area contributed by atoms with Gasteiger partial charge in [0.15, 0.2) is 0 Å². The fourth-order valence-electron chi connectivity index (χ4n) is 4.43. The fourth-order valence-corrected chi connectivity index (χ4v) is 4.43. The molecule has 2 fully saturated rings. The SMILES string of the molecule is CN1CCC(N2CCC(Oc3ccc4ccccc4c3)(C(=O)O)CC2)CC1. The second-order valence-corrected chi connectivity index (χ2v) is 7.98. The quantitative estimate of drug-likeness (QED) is 0.898. The molecule has 0 aliphatic carbocycles. The molecule has 0 atom stereocenters. The second-order valence-electron chi connectivity index (χ2n) is 7.98. The minimum Gasteiger partial charge on any atom is -0.478 e. The van der Waals surface area contributed by atoms with Gasteiger partial charge in [0.05, 0.1) is 0 Å². The van der Waals surface area contributed by atoms with Crippen LogP contribution in [0.3, 0.4) is 0 Å². The van der Waals surface area contributed by atoms with Gasteiger partial charge in [-0.2, -0.15) is 0 Å². The van der Waals surface area contributed by atoms with Crippen LogP contribution in [0.25, 0.3) is 10.8 Å². The van der Waals surface area contributed by atoms with E-state index < -0.39 is 11.6 Å². The Bertz CT molecular complexity index is 806. The van der Waals surface area contributed by atoms with Crippen LogP contribution >= 0.6 is 0 Å². The van der Waals surface area contributed by atoms with E-state index in [2.05, 4.69) is 16.8 Å². The Morgan fingerprint density at radius 3 is 2.37 bits per heavy atom. The molecule has 144 valence electrons. The summed E-state index contributed by atoms with van der Waals surface area (Å²) < 4.78 is 6.13. The van der Waals surface area contributed by atoms with Gasteiger partial charge < -0.3 is 14.7 Å². The molecule has 0 spiro atoms. The first kappa shape index (κ1) is 18.3. The van der Waals surface area contributed by atoms with Crippen molar-refractivity contribution in [2.75, 3.05) is 33.2 Å². The van der Waals surface area contributed by atoms with Crippen molar-refractivity contribution in [1.29, 1.82) is 0 Å². The van der Waals surface area contributed by atoms with Crippen molar-refractivity contribution in [2.45, 2.75) is 37.3 Å². The third kappa shape index (κ3) is 3.80. The molecule has 0 saturated carbocycles. The molecule has 0 aromatic heterocycles. The summed E-state index contributed by atoms with van der Waals surface area (Å²) in [7, 11) is 2.17. The van der Waals surface area contributed by atoms with E-state index in [1.807, 2.05) is 42.5 Å². The number of hydrogen-bond donors (Lipinski definition) is 1. The molecule has 2 aliphatic rings. The van der Waals surface area contributed by atoms with Crippen molar-refractivity contribution in [3.8, 4) is 5.75 Å². The number of nitrogens with zero attached hydrogens (tertiary/aromatic N) is 2. The Balaban J connectivity index is 1.46. The summed E-state index contributed by atoms with van der Waals surface area (Å²) in [5.41, 5.74) is -1.12. The van der Waals surface area contributed by atoms with Crippen molar-refractivity contribution in [3.63, 3.8) is 0 Å². The lowest BCUT2D eigenvalue weighted by Crippen LogP contribution is -2.56. The Morgan fingerprint density at radius 1 is 1.04 bits per heavy atom. The molecular formula is C22H28N2O3. The van der Waals surface area contributed by atoms with Gasteiger partial charge in [-0.05, 0) is 55.9 Å². The number of benzene rings is 2. The number of hydrogen-bond acceptors (Lipinski definition) is 4. The van der Waals surface area contributed by atoms with Crippen LogP contribution in [0.15, 0.2) is 42.5 Å². The highest BCUT2D eigenvalue weighted by molar-refractivity contribution is 5.84. The molecule has 0 radical (unpaired) electrons. The molecule has 4 rings (SSSR count). The number of likely N-dealkylation sites (tertiary alicyclic amines) is 2. The largest absolute Gasteiger partial charge is 0.478 e. The smallest absolute Gasteiger partial charge is 0.348 e. The zero-order valence-electron chi connectivity index (χ0n) is 15.9. The highest BCUT2D eigenvalue weighted by Gasteiger charge is 2.45. The monoisotopic (exact) mass is 368 g/mol. The Morgan fingerprint density at radius 2 is 1.70 bits per heavy atom. The second kappa shape index (κ2) is 7.49. The van der Waals surface area contributed by atoms with E-state index in [0.717, 1.165) is 37.0 Å². The van der Waals surface area contributed by atoms with Crippen molar-refractivity contribution in [1.82, 2.24) is 9.80 Å². The normalized spacial score (nSPS) is 22.0. The average Bonchev–Trinajstić information content (AvgIpc) is 2.69. The van der Waals surface area contributed by atoms with Crippen LogP contribution in [0.4, 0.5) is 0 Å².